The molecule has 18 heavy (non-hydrogen) atoms. The third-order valence-electron chi connectivity index (χ3n) is 5.16. The van der Waals surface area contributed by atoms with Crippen LogP contribution in [0, 0.1) is 31.6 Å². The predicted molar refractivity (Wildman–Crippen MR) is 78.1 cm³/mol. The van der Waals surface area contributed by atoms with Gasteiger partial charge in [0.1, 0.15) is 0 Å². The molecule has 0 aromatic heterocycles. The van der Waals surface area contributed by atoms with Gasteiger partial charge in [-0.25, -0.2) is 0 Å². The van der Waals surface area contributed by atoms with Gasteiger partial charge in [-0.2, -0.15) is 0 Å². The topological polar surface area (TPSA) is 0 Å². The van der Waals surface area contributed by atoms with Crippen LogP contribution < -0.4 is 0 Å². The zero-order valence-electron chi connectivity index (χ0n) is 11.5. The summed E-state index contributed by atoms with van der Waals surface area (Å²) in [4.78, 5) is 0. The molecular weight excluding hydrogens is 240 g/mol. The zero-order chi connectivity index (χ0) is 12.7. The monoisotopic (exact) mass is 262 g/mol. The summed E-state index contributed by atoms with van der Waals surface area (Å²) in [6.07, 6.45) is 7.07. The first-order valence-electron chi connectivity index (χ1n) is 7.34. The Morgan fingerprint density at radius 1 is 1.22 bits per heavy atom. The summed E-state index contributed by atoms with van der Waals surface area (Å²) >= 11 is 6.68. The van der Waals surface area contributed by atoms with Crippen molar-refractivity contribution in [3.8, 4) is 0 Å². The molecule has 0 nitrogen and oxygen atoms in total. The van der Waals surface area contributed by atoms with E-state index in [4.69, 9.17) is 11.6 Å². The van der Waals surface area contributed by atoms with Gasteiger partial charge in [-0.3, -0.25) is 0 Å². The van der Waals surface area contributed by atoms with E-state index < -0.39 is 0 Å². The van der Waals surface area contributed by atoms with Crippen molar-refractivity contribution >= 4 is 11.6 Å². The van der Waals surface area contributed by atoms with Crippen molar-refractivity contribution in [1.82, 2.24) is 0 Å². The Morgan fingerprint density at radius 3 is 2.67 bits per heavy atom. The second-order valence-corrected chi connectivity index (χ2v) is 7.03. The third-order valence-corrected chi connectivity index (χ3v) is 5.57. The van der Waals surface area contributed by atoms with Gasteiger partial charge in [0.15, 0.2) is 0 Å². The Balaban J connectivity index is 1.69. The van der Waals surface area contributed by atoms with Crippen molar-refractivity contribution in [3.05, 3.63) is 34.9 Å². The van der Waals surface area contributed by atoms with Crippen LogP contribution in [0.3, 0.4) is 0 Å². The van der Waals surface area contributed by atoms with Crippen molar-refractivity contribution < 1.29 is 0 Å². The molecule has 3 rings (SSSR count). The van der Waals surface area contributed by atoms with Gasteiger partial charge in [0, 0.05) is 0 Å². The molecule has 0 aliphatic heterocycles. The van der Waals surface area contributed by atoms with E-state index in [1.807, 2.05) is 0 Å². The van der Waals surface area contributed by atoms with E-state index >= 15 is 0 Å². The molecule has 1 heteroatoms. The Hall–Kier alpha value is -0.490. The maximum atomic E-state index is 6.68. The summed E-state index contributed by atoms with van der Waals surface area (Å²) in [6, 6.07) is 6.68. The van der Waals surface area contributed by atoms with Gasteiger partial charge in [0.2, 0.25) is 0 Å². The summed E-state index contributed by atoms with van der Waals surface area (Å²) in [5.74, 6) is 2.91. The average molecular weight is 263 g/mol. The van der Waals surface area contributed by atoms with Gasteiger partial charge >= 0.3 is 0 Å². The van der Waals surface area contributed by atoms with Crippen molar-refractivity contribution in [2.24, 2.45) is 17.8 Å². The molecule has 2 saturated carbocycles. The third kappa shape index (κ3) is 2.32. The SMILES string of the molecule is Cc1ccc(C(Cl)CC2CC3CCC2C3)c(C)c1. The molecule has 0 heterocycles. The van der Waals surface area contributed by atoms with Gasteiger partial charge < -0.3 is 0 Å². The number of halogens is 1. The highest BCUT2D eigenvalue weighted by Gasteiger charge is 2.40. The molecular formula is C17H23Cl. The second-order valence-electron chi connectivity index (χ2n) is 6.50. The van der Waals surface area contributed by atoms with Gasteiger partial charge in [-0.05, 0) is 68.4 Å². The number of alkyl halides is 1. The van der Waals surface area contributed by atoms with Crippen LogP contribution in [-0.4, -0.2) is 0 Å². The van der Waals surface area contributed by atoms with Crippen molar-refractivity contribution in [1.29, 1.82) is 0 Å². The first kappa shape index (κ1) is 12.5. The van der Waals surface area contributed by atoms with Crippen LogP contribution in [0.2, 0.25) is 0 Å². The molecule has 0 spiro atoms. The maximum Gasteiger partial charge on any atom is 0.0590 e. The zero-order valence-corrected chi connectivity index (χ0v) is 12.2. The first-order chi connectivity index (χ1) is 8.63. The Bertz CT molecular complexity index is 437. The minimum absolute atomic E-state index is 0.218. The van der Waals surface area contributed by atoms with E-state index in [-0.39, 0.29) is 5.38 Å². The lowest BCUT2D eigenvalue weighted by Gasteiger charge is -2.24. The molecule has 0 N–H and O–H groups in total. The molecule has 0 saturated heterocycles. The fraction of sp³-hybridized carbons (Fsp3) is 0.647. The van der Waals surface area contributed by atoms with Gasteiger partial charge in [-0.15, -0.1) is 11.6 Å². The van der Waals surface area contributed by atoms with Crippen LogP contribution in [-0.2, 0) is 0 Å². The lowest BCUT2D eigenvalue weighted by atomic mass is 9.84. The highest BCUT2D eigenvalue weighted by Crippen LogP contribution is 2.51. The molecule has 4 unspecified atom stereocenters. The van der Waals surface area contributed by atoms with Crippen molar-refractivity contribution in [2.45, 2.75) is 51.3 Å². The molecule has 2 aliphatic rings. The summed E-state index contributed by atoms with van der Waals surface area (Å²) in [5, 5.41) is 0.218. The Kier molecular flexibility index (Phi) is 3.40. The average Bonchev–Trinajstić information content (AvgIpc) is 2.90. The Labute approximate surface area is 116 Å². The van der Waals surface area contributed by atoms with Crippen LogP contribution in [0.4, 0.5) is 0 Å². The summed E-state index contributed by atoms with van der Waals surface area (Å²) in [5.41, 5.74) is 4.04. The summed E-state index contributed by atoms with van der Waals surface area (Å²) in [6.45, 7) is 4.34. The number of aryl methyl sites for hydroxylation is 2. The number of hydrogen-bond acceptors (Lipinski definition) is 0. The molecule has 2 bridgehead atoms. The second kappa shape index (κ2) is 4.89. The van der Waals surface area contributed by atoms with E-state index in [9.17, 15) is 0 Å². The largest absolute Gasteiger partial charge is 0.118 e. The number of benzene rings is 1. The van der Waals surface area contributed by atoms with Crippen molar-refractivity contribution in [2.75, 3.05) is 0 Å². The molecule has 2 fully saturated rings. The first-order valence-corrected chi connectivity index (χ1v) is 7.78. The lowest BCUT2D eigenvalue weighted by Crippen LogP contribution is -2.12. The number of rotatable bonds is 3. The fourth-order valence-electron chi connectivity index (χ4n) is 4.23. The molecule has 4 atom stereocenters. The molecule has 1 aromatic rings. The van der Waals surface area contributed by atoms with Gasteiger partial charge in [0.25, 0.3) is 0 Å². The standard InChI is InChI=1S/C17H23Cl/c1-11-3-6-16(12(2)7-11)17(18)10-15-9-13-4-5-14(15)8-13/h3,6-7,13-15,17H,4-5,8-10H2,1-2H3. The van der Waals surface area contributed by atoms with E-state index in [0.29, 0.717) is 0 Å². The van der Waals surface area contributed by atoms with Crippen LogP contribution in [0.25, 0.3) is 0 Å². The van der Waals surface area contributed by atoms with Crippen LogP contribution in [0.5, 0.6) is 0 Å². The van der Waals surface area contributed by atoms with Crippen LogP contribution >= 0.6 is 11.6 Å². The molecule has 1 aromatic carbocycles. The smallest absolute Gasteiger partial charge is 0.0590 e. The maximum absolute atomic E-state index is 6.68. The van der Waals surface area contributed by atoms with E-state index in [2.05, 4.69) is 32.0 Å². The lowest BCUT2D eigenvalue weighted by molar-refractivity contribution is 0.311. The van der Waals surface area contributed by atoms with Crippen molar-refractivity contribution in [3.63, 3.8) is 0 Å². The van der Waals surface area contributed by atoms with Crippen LogP contribution in [0.1, 0.15) is 54.2 Å². The van der Waals surface area contributed by atoms with E-state index in [1.165, 1.54) is 48.8 Å². The molecule has 0 radical (unpaired) electrons. The minimum Gasteiger partial charge on any atom is -0.118 e. The minimum atomic E-state index is 0.218. The quantitative estimate of drug-likeness (QED) is 0.639. The number of fused-ring (bicyclic) bond motifs is 2. The summed E-state index contributed by atoms with van der Waals surface area (Å²) < 4.78 is 0. The number of hydrogen-bond donors (Lipinski definition) is 0. The summed E-state index contributed by atoms with van der Waals surface area (Å²) in [7, 11) is 0. The van der Waals surface area contributed by atoms with Crippen LogP contribution in [0.15, 0.2) is 18.2 Å². The molecule has 2 aliphatic carbocycles. The molecule has 0 amide bonds. The van der Waals surface area contributed by atoms with E-state index in [0.717, 1.165) is 17.8 Å². The Morgan fingerprint density at radius 2 is 2.06 bits per heavy atom. The van der Waals surface area contributed by atoms with E-state index in [1.54, 1.807) is 0 Å². The van der Waals surface area contributed by atoms with Gasteiger partial charge in [-0.1, -0.05) is 30.2 Å². The predicted octanol–water partition coefficient (Wildman–Crippen LogP) is 5.41. The normalized spacial score (nSPS) is 31.8. The van der Waals surface area contributed by atoms with Gasteiger partial charge in [0.05, 0.1) is 5.38 Å². The highest BCUT2D eigenvalue weighted by atomic mass is 35.5. The molecule has 98 valence electrons. The highest BCUT2D eigenvalue weighted by molar-refractivity contribution is 6.20. The fourth-order valence-corrected chi connectivity index (χ4v) is 4.71.